The summed E-state index contributed by atoms with van der Waals surface area (Å²) < 4.78 is 15.9. The van der Waals surface area contributed by atoms with Crippen molar-refractivity contribution in [3.8, 4) is 11.5 Å². The van der Waals surface area contributed by atoms with Crippen LogP contribution in [0.4, 0.5) is 0 Å². The van der Waals surface area contributed by atoms with Gasteiger partial charge in [0.1, 0.15) is 11.5 Å². The van der Waals surface area contributed by atoms with Crippen LogP contribution >= 0.6 is 0 Å². The van der Waals surface area contributed by atoms with Crippen LogP contribution in [0.15, 0.2) is 53.2 Å². The Kier molecular flexibility index (Phi) is 5.07. The first-order valence-corrected chi connectivity index (χ1v) is 8.36. The Morgan fingerprint density at radius 1 is 1.04 bits per heavy atom. The van der Waals surface area contributed by atoms with E-state index in [1.807, 2.05) is 24.3 Å². The predicted molar refractivity (Wildman–Crippen MR) is 101 cm³/mol. The third kappa shape index (κ3) is 3.61. The number of rotatable bonds is 5. The number of aliphatic imine (C=N–C) groups is 1. The second-order valence-corrected chi connectivity index (χ2v) is 6.22. The van der Waals surface area contributed by atoms with Crippen LogP contribution in [0, 0.1) is 0 Å². The molecule has 1 aliphatic heterocycles. The molecule has 0 bridgehead atoms. The van der Waals surface area contributed by atoms with E-state index in [1.54, 1.807) is 38.5 Å². The van der Waals surface area contributed by atoms with Gasteiger partial charge in [0.25, 0.3) is 0 Å². The van der Waals surface area contributed by atoms with Gasteiger partial charge >= 0.3 is 5.97 Å². The molecule has 0 spiro atoms. The molecule has 134 valence electrons. The average Bonchev–Trinajstić information content (AvgIpc) is 3.02. The van der Waals surface area contributed by atoms with E-state index in [0.717, 1.165) is 5.56 Å². The van der Waals surface area contributed by atoms with Crippen molar-refractivity contribution >= 4 is 17.9 Å². The van der Waals surface area contributed by atoms with Gasteiger partial charge in [0, 0.05) is 11.1 Å². The van der Waals surface area contributed by atoms with E-state index < -0.39 is 5.97 Å². The molecule has 2 aromatic rings. The molecule has 0 fully saturated rings. The molecule has 26 heavy (non-hydrogen) atoms. The molecule has 3 rings (SSSR count). The Bertz CT molecular complexity index is 879. The largest absolute Gasteiger partial charge is 0.497 e. The molecule has 5 heteroatoms. The fourth-order valence-corrected chi connectivity index (χ4v) is 2.64. The van der Waals surface area contributed by atoms with Crippen LogP contribution in [-0.4, -0.2) is 26.1 Å². The minimum atomic E-state index is -0.488. The highest BCUT2D eigenvalue weighted by Gasteiger charge is 2.24. The van der Waals surface area contributed by atoms with E-state index in [0.29, 0.717) is 28.9 Å². The lowest BCUT2D eigenvalue weighted by Crippen LogP contribution is -2.05. The summed E-state index contributed by atoms with van der Waals surface area (Å²) in [6, 6.07) is 13.2. The van der Waals surface area contributed by atoms with Gasteiger partial charge in [0.2, 0.25) is 5.90 Å². The summed E-state index contributed by atoms with van der Waals surface area (Å²) >= 11 is 0. The monoisotopic (exact) mass is 351 g/mol. The zero-order valence-electron chi connectivity index (χ0n) is 15.3. The second-order valence-electron chi connectivity index (χ2n) is 6.22. The minimum absolute atomic E-state index is 0.222. The first-order valence-electron chi connectivity index (χ1n) is 8.36. The van der Waals surface area contributed by atoms with Gasteiger partial charge in [-0.2, -0.15) is 0 Å². The Morgan fingerprint density at radius 2 is 1.77 bits per heavy atom. The van der Waals surface area contributed by atoms with Gasteiger partial charge in [-0.1, -0.05) is 26.0 Å². The zero-order chi connectivity index (χ0) is 18.7. The third-order valence-electron chi connectivity index (χ3n) is 4.17. The molecular formula is C21H21NO4. The summed E-state index contributed by atoms with van der Waals surface area (Å²) in [6.07, 6.45) is 1.64. The molecule has 0 atom stereocenters. The maximum atomic E-state index is 12.2. The molecule has 1 aliphatic rings. The van der Waals surface area contributed by atoms with Gasteiger partial charge in [0.15, 0.2) is 5.70 Å². The fourth-order valence-electron chi connectivity index (χ4n) is 2.64. The number of carbonyl (C=O) groups excluding carboxylic acids is 1. The molecule has 1 heterocycles. The summed E-state index contributed by atoms with van der Waals surface area (Å²) in [5, 5.41) is 0. The van der Waals surface area contributed by atoms with Crippen molar-refractivity contribution in [1.82, 2.24) is 0 Å². The van der Waals surface area contributed by atoms with Crippen LogP contribution in [0.3, 0.4) is 0 Å². The molecule has 0 N–H and O–H groups in total. The summed E-state index contributed by atoms with van der Waals surface area (Å²) in [7, 11) is 3.15. The Balaban J connectivity index is 1.94. The Hall–Kier alpha value is -3.08. The number of carbonyl (C=O) groups is 1. The van der Waals surface area contributed by atoms with E-state index in [1.165, 1.54) is 5.56 Å². The molecule has 0 amide bonds. The number of ether oxygens (including phenoxy) is 3. The lowest BCUT2D eigenvalue weighted by atomic mass is 10.0. The number of cyclic esters (lactones) is 1. The van der Waals surface area contributed by atoms with Crippen LogP contribution < -0.4 is 9.47 Å². The number of benzene rings is 2. The lowest BCUT2D eigenvalue weighted by Gasteiger charge is -2.07. The van der Waals surface area contributed by atoms with Crippen molar-refractivity contribution in [2.75, 3.05) is 14.2 Å². The van der Waals surface area contributed by atoms with Crippen molar-refractivity contribution in [3.05, 3.63) is 64.9 Å². The van der Waals surface area contributed by atoms with E-state index in [4.69, 9.17) is 14.2 Å². The number of esters is 1. The molecule has 0 radical (unpaired) electrons. The summed E-state index contributed by atoms with van der Waals surface area (Å²) in [5.41, 5.74) is 2.90. The first-order chi connectivity index (χ1) is 12.5. The first kappa shape index (κ1) is 17.7. The van der Waals surface area contributed by atoms with Gasteiger partial charge < -0.3 is 14.2 Å². The number of nitrogens with zero attached hydrogens (tertiary/aromatic N) is 1. The second kappa shape index (κ2) is 7.44. The van der Waals surface area contributed by atoms with Gasteiger partial charge in [-0.3, -0.25) is 0 Å². The molecule has 0 saturated heterocycles. The van der Waals surface area contributed by atoms with Crippen LogP contribution in [0.5, 0.6) is 11.5 Å². The fraction of sp³-hybridized carbons (Fsp3) is 0.238. The lowest BCUT2D eigenvalue weighted by molar-refractivity contribution is -0.129. The standard InChI is InChI=1S/C21H21NO4/c1-13(2)14-5-7-15(8-6-14)20-22-18(21(23)26-20)12-16-11-17(24-3)9-10-19(16)25-4/h5-13H,1-4H3/b18-12-. The zero-order valence-corrected chi connectivity index (χ0v) is 15.3. The maximum Gasteiger partial charge on any atom is 0.363 e. The average molecular weight is 351 g/mol. The highest BCUT2D eigenvalue weighted by Crippen LogP contribution is 2.28. The molecule has 0 unspecified atom stereocenters. The molecule has 5 nitrogen and oxygen atoms in total. The molecule has 0 aliphatic carbocycles. The Labute approximate surface area is 152 Å². The van der Waals surface area contributed by atoms with Crippen molar-refractivity contribution in [2.45, 2.75) is 19.8 Å². The van der Waals surface area contributed by atoms with Gasteiger partial charge in [-0.25, -0.2) is 9.79 Å². The third-order valence-corrected chi connectivity index (χ3v) is 4.17. The van der Waals surface area contributed by atoms with Gasteiger partial charge in [-0.15, -0.1) is 0 Å². The maximum absolute atomic E-state index is 12.2. The smallest absolute Gasteiger partial charge is 0.363 e. The van der Waals surface area contributed by atoms with Crippen molar-refractivity contribution in [1.29, 1.82) is 0 Å². The quantitative estimate of drug-likeness (QED) is 0.599. The predicted octanol–water partition coefficient (Wildman–Crippen LogP) is 4.17. The Morgan fingerprint density at radius 3 is 2.38 bits per heavy atom. The number of hydrogen-bond donors (Lipinski definition) is 0. The van der Waals surface area contributed by atoms with Crippen molar-refractivity contribution in [2.24, 2.45) is 4.99 Å². The summed E-state index contributed by atoms with van der Waals surface area (Å²) in [6.45, 7) is 4.26. The van der Waals surface area contributed by atoms with Crippen LogP contribution in [0.25, 0.3) is 6.08 Å². The van der Waals surface area contributed by atoms with E-state index in [-0.39, 0.29) is 5.70 Å². The van der Waals surface area contributed by atoms with E-state index in [2.05, 4.69) is 18.8 Å². The topological polar surface area (TPSA) is 57.1 Å². The molecule has 0 aromatic heterocycles. The SMILES string of the molecule is COc1ccc(OC)c(/C=C2\N=C(c3ccc(C(C)C)cc3)OC2=O)c1. The van der Waals surface area contributed by atoms with Crippen molar-refractivity contribution < 1.29 is 19.0 Å². The highest BCUT2D eigenvalue weighted by atomic mass is 16.6. The normalized spacial score (nSPS) is 15.2. The molecule has 2 aromatic carbocycles. The van der Waals surface area contributed by atoms with Gasteiger partial charge in [-0.05, 0) is 47.9 Å². The minimum Gasteiger partial charge on any atom is -0.497 e. The van der Waals surface area contributed by atoms with E-state index in [9.17, 15) is 4.79 Å². The van der Waals surface area contributed by atoms with Crippen molar-refractivity contribution in [3.63, 3.8) is 0 Å². The number of methoxy groups -OCH3 is 2. The van der Waals surface area contributed by atoms with E-state index >= 15 is 0 Å². The van der Waals surface area contributed by atoms with Crippen LogP contribution in [-0.2, 0) is 9.53 Å². The van der Waals surface area contributed by atoms with Crippen LogP contribution in [0.2, 0.25) is 0 Å². The van der Waals surface area contributed by atoms with Gasteiger partial charge in [0.05, 0.1) is 14.2 Å². The molecule has 0 saturated carbocycles. The molecular weight excluding hydrogens is 330 g/mol. The van der Waals surface area contributed by atoms with Crippen LogP contribution in [0.1, 0.15) is 36.5 Å². The number of hydrogen-bond acceptors (Lipinski definition) is 5. The highest BCUT2D eigenvalue weighted by molar-refractivity contribution is 6.13. The summed E-state index contributed by atoms with van der Waals surface area (Å²) in [4.78, 5) is 16.6. The summed E-state index contributed by atoms with van der Waals surface area (Å²) in [5.74, 6) is 1.54.